The Labute approximate surface area is 135 Å². The molecule has 7 nitrogen and oxygen atoms in total. The van der Waals surface area contributed by atoms with Gasteiger partial charge in [0.2, 0.25) is 0 Å². The van der Waals surface area contributed by atoms with Gasteiger partial charge in [-0.1, -0.05) is 0 Å². The molecule has 1 N–H and O–H groups in total. The van der Waals surface area contributed by atoms with E-state index in [4.69, 9.17) is 4.74 Å². The lowest BCUT2D eigenvalue weighted by Crippen LogP contribution is -2.35. The van der Waals surface area contributed by atoms with E-state index >= 15 is 0 Å². The summed E-state index contributed by atoms with van der Waals surface area (Å²) in [6.07, 6.45) is -1.56. The first kappa shape index (κ1) is 16.3. The van der Waals surface area contributed by atoms with E-state index in [2.05, 4.69) is 15.5 Å². The number of carbonyl (C=O) groups excluding carboxylic acids is 1. The molecule has 3 heterocycles. The van der Waals surface area contributed by atoms with E-state index in [1.807, 2.05) is 0 Å². The van der Waals surface area contributed by atoms with Crippen molar-refractivity contribution < 1.29 is 22.7 Å². The number of alkyl halides is 3. The van der Waals surface area contributed by atoms with Crippen LogP contribution in [-0.2, 0) is 11.8 Å². The number of esters is 1. The first-order valence-corrected chi connectivity index (χ1v) is 7.38. The van der Waals surface area contributed by atoms with Gasteiger partial charge in [0, 0.05) is 31.3 Å². The van der Waals surface area contributed by atoms with Gasteiger partial charge in [-0.3, -0.25) is 4.68 Å². The molecule has 0 radical (unpaired) electrons. The SMILES string of the molecule is CCOC(=O)c1cc2n(n1)[C@@H](C(F)(F)F)C[C@@H](c1cnn(C)c1)N2. The summed E-state index contributed by atoms with van der Waals surface area (Å²) >= 11 is 0. The van der Waals surface area contributed by atoms with Crippen LogP contribution < -0.4 is 5.32 Å². The van der Waals surface area contributed by atoms with Crippen molar-refractivity contribution in [1.29, 1.82) is 0 Å². The number of carbonyl (C=O) groups is 1. The monoisotopic (exact) mass is 343 g/mol. The zero-order valence-electron chi connectivity index (χ0n) is 13.0. The van der Waals surface area contributed by atoms with Crippen molar-refractivity contribution in [3.63, 3.8) is 0 Å². The summed E-state index contributed by atoms with van der Waals surface area (Å²) in [4.78, 5) is 11.8. The maximum absolute atomic E-state index is 13.4. The van der Waals surface area contributed by atoms with Crippen molar-refractivity contribution in [2.45, 2.75) is 31.6 Å². The van der Waals surface area contributed by atoms with Gasteiger partial charge in [-0.25, -0.2) is 9.48 Å². The fourth-order valence-corrected chi connectivity index (χ4v) is 2.72. The molecule has 3 rings (SSSR count). The van der Waals surface area contributed by atoms with Crippen molar-refractivity contribution in [3.8, 4) is 0 Å². The molecule has 24 heavy (non-hydrogen) atoms. The van der Waals surface area contributed by atoms with Crippen LogP contribution in [-0.4, -0.2) is 38.3 Å². The minimum absolute atomic E-state index is 0.121. The van der Waals surface area contributed by atoms with E-state index in [0.717, 1.165) is 4.68 Å². The van der Waals surface area contributed by atoms with E-state index in [0.29, 0.717) is 5.56 Å². The molecule has 0 unspecified atom stereocenters. The van der Waals surface area contributed by atoms with Crippen LogP contribution in [0.4, 0.5) is 19.0 Å². The third-order valence-corrected chi connectivity index (χ3v) is 3.80. The second-order valence-electron chi connectivity index (χ2n) is 5.52. The van der Waals surface area contributed by atoms with Gasteiger partial charge in [0.15, 0.2) is 11.7 Å². The number of rotatable bonds is 3. The maximum Gasteiger partial charge on any atom is 0.410 e. The van der Waals surface area contributed by atoms with Gasteiger partial charge in [-0.2, -0.15) is 23.4 Å². The summed E-state index contributed by atoms with van der Waals surface area (Å²) < 4.78 is 47.5. The molecule has 0 aliphatic carbocycles. The zero-order valence-corrected chi connectivity index (χ0v) is 13.0. The zero-order chi connectivity index (χ0) is 17.5. The number of ether oxygens (including phenoxy) is 1. The number of aromatic nitrogens is 4. The quantitative estimate of drug-likeness (QED) is 0.867. The molecule has 0 bridgehead atoms. The molecule has 130 valence electrons. The van der Waals surface area contributed by atoms with E-state index < -0.39 is 24.2 Å². The van der Waals surface area contributed by atoms with E-state index in [9.17, 15) is 18.0 Å². The number of nitrogens with zero attached hydrogens (tertiary/aromatic N) is 4. The summed E-state index contributed by atoms with van der Waals surface area (Å²) in [5.74, 6) is -0.625. The van der Waals surface area contributed by atoms with Crippen LogP contribution in [0.15, 0.2) is 18.5 Å². The van der Waals surface area contributed by atoms with Gasteiger partial charge < -0.3 is 10.1 Å². The molecule has 1 aliphatic rings. The maximum atomic E-state index is 13.4. The average molecular weight is 343 g/mol. The smallest absolute Gasteiger partial charge is 0.410 e. The number of fused-ring (bicyclic) bond motifs is 1. The summed E-state index contributed by atoms with van der Waals surface area (Å²) in [6, 6.07) is -1.13. The largest absolute Gasteiger partial charge is 0.461 e. The summed E-state index contributed by atoms with van der Waals surface area (Å²) in [6.45, 7) is 1.73. The van der Waals surface area contributed by atoms with Gasteiger partial charge >= 0.3 is 12.1 Å². The molecule has 2 aromatic heterocycles. The molecule has 0 spiro atoms. The number of aryl methyl sites for hydroxylation is 1. The van der Waals surface area contributed by atoms with Crippen molar-refractivity contribution >= 4 is 11.8 Å². The molecule has 2 atom stereocenters. The van der Waals surface area contributed by atoms with Crippen LogP contribution in [0.1, 0.15) is 41.5 Å². The molecule has 2 aromatic rings. The molecular weight excluding hydrogens is 327 g/mol. The van der Waals surface area contributed by atoms with Crippen LogP contribution in [0.2, 0.25) is 0 Å². The Morgan fingerprint density at radius 1 is 1.50 bits per heavy atom. The fourth-order valence-electron chi connectivity index (χ4n) is 2.72. The summed E-state index contributed by atoms with van der Waals surface area (Å²) in [5.41, 5.74) is 0.484. The Hall–Kier alpha value is -2.52. The van der Waals surface area contributed by atoms with Gasteiger partial charge in [0.1, 0.15) is 5.82 Å². The topological polar surface area (TPSA) is 74.0 Å². The molecular formula is C14H16F3N5O2. The summed E-state index contributed by atoms with van der Waals surface area (Å²) in [7, 11) is 1.69. The Morgan fingerprint density at radius 3 is 2.83 bits per heavy atom. The first-order valence-electron chi connectivity index (χ1n) is 7.38. The molecule has 0 fully saturated rings. The Bertz CT molecular complexity index is 752. The average Bonchev–Trinajstić information content (AvgIpc) is 3.11. The molecule has 1 aliphatic heterocycles. The van der Waals surface area contributed by atoms with Crippen molar-refractivity contribution in [2.75, 3.05) is 11.9 Å². The molecule has 0 saturated heterocycles. The van der Waals surface area contributed by atoms with Crippen LogP contribution in [0.25, 0.3) is 0 Å². The minimum Gasteiger partial charge on any atom is -0.461 e. The normalized spacial score (nSPS) is 20.4. The van der Waals surface area contributed by atoms with Gasteiger partial charge in [-0.05, 0) is 6.92 Å². The highest BCUT2D eigenvalue weighted by Crippen LogP contribution is 2.43. The highest BCUT2D eigenvalue weighted by atomic mass is 19.4. The number of hydrogen-bond donors (Lipinski definition) is 1. The Morgan fingerprint density at radius 2 is 2.25 bits per heavy atom. The van der Waals surface area contributed by atoms with Crippen molar-refractivity contribution in [3.05, 3.63) is 29.7 Å². The van der Waals surface area contributed by atoms with E-state index in [1.54, 1.807) is 20.2 Å². The van der Waals surface area contributed by atoms with Crippen LogP contribution in [0.5, 0.6) is 0 Å². The number of hydrogen-bond acceptors (Lipinski definition) is 5. The third kappa shape index (κ3) is 2.95. The predicted molar refractivity (Wildman–Crippen MR) is 77.5 cm³/mol. The van der Waals surface area contributed by atoms with E-state index in [-0.39, 0.29) is 24.5 Å². The highest BCUT2D eigenvalue weighted by Gasteiger charge is 2.47. The van der Waals surface area contributed by atoms with E-state index in [1.165, 1.54) is 16.9 Å². The fraction of sp³-hybridized carbons (Fsp3) is 0.500. The second kappa shape index (κ2) is 5.84. The minimum atomic E-state index is -4.49. The third-order valence-electron chi connectivity index (χ3n) is 3.80. The lowest BCUT2D eigenvalue weighted by atomic mass is 9.99. The molecule has 0 aromatic carbocycles. The van der Waals surface area contributed by atoms with Gasteiger partial charge in [-0.15, -0.1) is 0 Å². The lowest BCUT2D eigenvalue weighted by Gasteiger charge is -2.32. The van der Waals surface area contributed by atoms with Gasteiger partial charge in [0.05, 0.1) is 18.8 Å². The molecule has 10 heteroatoms. The highest BCUT2D eigenvalue weighted by molar-refractivity contribution is 5.88. The van der Waals surface area contributed by atoms with Crippen molar-refractivity contribution in [2.24, 2.45) is 7.05 Å². The molecule has 0 amide bonds. The Balaban J connectivity index is 1.97. The summed E-state index contributed by atoms with van der Waals surface area (Å²) in [5, 5.41) is 10.8. The Kier molecular flexibility index (Phi) is 3.98. The number of nitrogens with one attached hydrogen (secondary N) is 1. The first-order chi connectivity index (χ1) is 11.3. The number of halogens is 3. The number of anilines is 1. The van der Waals surface area contributed by atoms with Gasteiger partial charge in [0.25, 0.3) is 0 Å². The lowest BCUT2D eigenvalue weighted by molar-refractivity contribution is -0.173. The second-order valence-corrected chi connectivity index (χ2v) is 5.52. The standard InChI is InChI=1S/C14H16F3N5O2/c1-3-24-13(23)10-5-12-19-9(8-6-18-21(2)7-8)4-11(14(15,16)17)22(12)20-10/h5-7,9,11,19H,3-4H2,1-2H3/t9-,11+/m0/s1. The van der Waals surface area contributed by atoms with Crippen LogP contribution in [0.3, 0.4) is 0 Å². The van der Waals surface area contributed by atoms with Crippen LogP contribution in [0, 0.1) is 0 Å². The molecule has 0 saturated carbocycles. The van der Waals surface area contributed by atoms with Crippen molar-refractivity contribution in [1.82, 2.24) is 19.6 Å². The predicted octanol–water partition coefficient (Wildman–Crippen LogP) is 2.45. The van der Waals surface area contributed by atoms with Crippen LogP contribution >= 0.6 is 0 Å².